The lowest BCUT2D eigenvalue weighted by Gasteiger charge is -2.27. The molecule has 0 unspecified atom stereocenters. The van der Waals surface area contributed by atoms with E-state index in [0.29, 0.717) is 0 Å². The molecule has 3 rings (SSSR count). The Balaban J connectivity index is 1.59. The zero-order chi connectivity index (χ0) is 19.3. The van der Waals surface area contributed by atoms with Gasteiger partial charge in [-0.1, -0.05) is 60.7 Å². The summed E-state index contributed by atoms with van der Waals surface area (Å²) in [7, 11) is 0. The molecule has 0 spiro atoms. The van der Waals surface area contributed by atoms with E-state index in [1.54, 1.807) is 0 Å². The van der Waals surface area contributed by atoms with Crippen LogP contribution >= 0.6 is 0 Å². The molecule has 0 radical (unpaired) electrons. The van der Waals surface area contributed by atoms with Crippen molar-refractivity contribution >= 4 is 0 Å². The van der Waals surface area contributed by atoms with E-state index < -0.39 is 5.79 Å². The SMILES string of the molecule is CC1(C)O[C@@H]([C@H](N)CCc2ccccc2)[C@H]([C@H](N)CCc2ccccc2)O1. The minimum atomic E-state index is -0.649. The van der Waals surface area contributed by atoms with Crippen LogP contribution in [0.5, 0.6) is 0 Å². The van der Waals surface area contributed by atoms with Crippen molar-refractivity contribution in [2.45, 2.75) is 69.6 Å². The Morgan fingerprint density at radius 2 is 1.11 bits per heavy atom. The highest BCUT2D eigenvalue weighted by Gasteiger charge is 2.46. The first-order chi connectivity index (χ1) is 12.9. The van der Waals surface area contributed by atoms with Crippen LogP contribution in [0.4, 0.5) is 0 Å². The second kappa shape index (κ2) is 8.98. The van der Waals surface area contributed by atoms with E-state index in [4.69, 9.17) is 20.9 Å². The summed E-state index contributed by atoms with van der Waals surface area (Å²) in [6.07, 6.45) is 3.16. The van der Waals surface area contributed by atoms with Crippen molar-refractivity contribution in [3.05, 3.63) is 71.8 Å². The van der Waals surface area contributed by atoms with Crippen molar-refractivity contribution in [3.63, 3.8) is 0 Å². The largest absolute Gasteiger partial charge is 0.343 e. The lowest BCUT2D eigenvalue weighted by atomic mass is 9.92. The van der Waals surface area contributed by atoms with Crippen molar-refractivity contribution in [3.8, 4) is 0 Å². The first kappa shape index (κ1) is 20.0. The van der Waals surface area contributed by atoms with E-state index >= 15 is 0 Å². The van der Waals surface area contributed by atoms with Gasteiger partial charge < -0.3 is 20.9 Å². The van der Waals surface area contributed by atoms with Gasteiger partial charge >= 0.3 is 0 Å². The highest BCUT2D eigenvalue weighted by Crippen LogP contribution is 2.32. The Kier molecular flexibility index (Phi) is 6.66. The summed E-state index contributed by atoms with van der Waals surface area (Å²) in [4.78, 5) is 0. The summed E-state index contributed by atoms with van der Waals surface area (Å²) in [5, 5.41) is 0. The van der Waals surface area contributed by atoms with Gasteiger partial charge in [-0.05, 0) is 50.7 Å². The van der Waals surface area contributed by atoms with Gasteiger partial charge in [0.25, 0.3) is 0 Å². The normalized spacial score (nSPS) is 23.9. The van der Waals surface area contributed by atoms with Crippen LogP contribution in [0.2, 0.25) is 0 Å². The van der Waals surface area contributed by atoms with Gasteiger partial charge in [-0.25, -0.2) is 0 Å². The van der Waals surface area contributed by atoms with Gasteiger partial charge in [0, 0.05) is 12.1 Å². The van der Waals surface area contributed by atoms with Crippen LogP contribution in [-0.2, 0) is 22.3 Å². The van der Waals surface area contributed by atoms with Crippen molar-refractivity contribution in [2.75, 3.05) is 0 Å². The predicted octanol–water partition coefficient (Wildman–Crippen LogP) is 3.43. The minimum Gasteiger partial charge on any atom is -0.343 e. The van der Waals surface area contributed by atoms with Crippen molar-refractivity contribution in [1.82, 2.24) is 0 Å². The highest BCUT2D eigenvalue weighted by molar-refractivity contribution is 5.16. The van der Waals surface area contributed by atoms with Crippen LogP contribution in [0.25, 0.3) is 0 Å². The third kappa shape index (κ3) is 5.63. The molecule has 4 heteroatoms. The average Bonchev–Trinajstić information content (AvgIpc) is 3.01. The maximum Gasteiger partial charge on any atom is 0.163 e. The van der Waals surface area contributed by atoms with Gasteiger partial charge in [0.2, 0.25) is 0 Å². The number of rotatable bonds is 8. The number of aryl methyl sites for hydroxylation is 2. The van der Waals surface area contributed by atoms with Gasteiger partial charge in [-0.15, -0.1) is 0 Å². The second-order valence-corrected chi connectivity index (χ2v) is 7.94. The monoisotopic (exact) mass is 368 g/mol. The molecule has 1 fully saturated rings. The summed E-state index contributed by atoms with van der Waals surface area (Å²) >= 11 is 0. The predicted molar refractivity (Wildman–Crippen MR) is 109 cm³/mol. The van der Waals surface area contributed by atoms with E-state index in [9.17, 15) is 0 Å². The van der Waals surface area contributed by atoms with E-state index in [1.807, 2.05) is 26.0 Å². The lowest BCUT2D eigenvalue weighted by molar-refractivity contribution is -0.149. The Morgan fingerprint density at radius 1 is 0.741 bits per heavy atom. The maximum absolute atomic E-state index is 6.52. The standard InChI is InChI=1S/C23H32N2O2/c1-23(2)26-21(19(24)15-13-17-9-5-3-6-10-17)22(27-23)20(25)16-14-18-11-7-4-8-12-18/h3-12,19-22H,13-16,24-25H2,1-2H3/t19-,20-,21+,22+/m1/s1. The summed E-state index contributed by atoms with van der Waals surface area (Å²) in [5.74, 6) is -0.649. The fourth-order valence-electron chi connectivity index (χ4n) is 3.76. The number of nitrogens with two attached hydrogens (primary N) is 2. The number of hydrogen-bond donors (Lipinski definition) is 2. The summed E-state index contributed by atoms with van der Waals surface area (Å²) in [6, 6.07) is 20.6. The molecular weight excluding hydrogens is 336 g/mol. The van der Waals surface area contributed by atoms with Crippen LogP contribution in [0.1, 0.15) is 37.8 Å². The molecule has 2 aromatic carbocycles. The van der Waals surface area contributed by atoms with E-state index in [-0.39, 0.29) is 24.3 Å². The molecule has 27 heavy (non-hydrogen) atoms. The first-order valence-corrected chi connectivity index (χ1v) is 9.89. The fraction of sp³-hybridized carbons (Fsp3) is 0.478. The van der Waals surface area contributed by atoms with Gasteiger partial charge in [0.15, 0.2) is 5.79 Å². The topological polar surface area (TPSA) is 70.5 Å². The summed E-state index contributed by atoms with van der Waals surface area (Å²) < 4.78 is 12.3. The van der Waals surface area contributed by atoms with Gasteiger partial charge in [-0.3, -0.25) is 0 Å². The van der Waals surface area contributed by atoms with E-state index in [2.05, 4.69) is 48.5 Å². The fourth-order valence-corrected chi connectivity index (χ4v) is 3.76. The van der Waals surface area contributed by atoms with Crippen LogP contribution < -0.4 is 11.5 Å². The number of ether oxygens (including phenoxy) is 2. The second-order valence-electron chi connectivity index (χ2n) is 7.94. The molecule has 0 bridgehead atoms. The molecule has 0 amide bonds. The highest BCUT2D eigenvalue weighted by atomic mass is 16.8. The van der Waals surface area contributed by atoms with Gasteiger partial charge in [0.1, 0.15) is 12.2 Å². The zero-order valence-corrected chi connectivity index (χ0v) is 16.4. The zero-order valence-electron chi connectivity index (χ0n) is 16.4. The Hall–Kier alpha value is -1.72. The third-order valence-corrected chi connectivity index (χ3v) is 5.23. The molecule has 4 atom stereocenters. The van der Waals surface area contributed by atoms with Crippen molar-refractivity contribution < 1.29 is 9.47 Å². The molecule has 1 aliphatic heterocycles. The molecule has 1 aliphatic rings. The molecular formula is C23H32N2O2. The van der Waals surface area contributed by atoms with Gasteiger partial charge in [0.05, 0.1) is 0 Å². The van der Waals surface area contributed by atoms with Crippen molar-refractivity contribution in [2.24, 2.45) is 11.5 Å². The molecule has 146 valence electrons. The minimum absolute atomic E-state index is 0.111. The smallest absolute Gasteiger partial charge is 0.163 e. The quantitative estimate of drug-likeness (QED) is 0.749. The van der Waals surface area contributed by atoms with Crippen LogP contribution in [0.15, 0.2) is 60.7 Å². The van der Waals surface area contributed by atoms with Crippen molar-refractivity contribution in [1.29, 1.82) is 0 Å². The van der Waals surface area contributed by atoms with E-state index in [0.717, 1.165) is 25.7 Å². The summed E-state index contributed by atoms with van der Waals surface area (Å²) in [6.45, 7) is 3.88. The first-order valence-electron chi connectivity index (χ1n) is 9.89. The third-order valence-electron chi connectivity index (χ3n) is 5.23. The number of benzene rings is 2. The number of hydrogen-bond acceptors (Lipinski definition) is 4. The molecule has 4 nitrogen and oxygen atoms in total. The Labute approximate surface area is 162 Å². The molecule has 0 aliphatic carbocycles. The molecule has 1 saturated heterocycles. The molecule has 1 heterocycles. The van der Waals surface area contributed by atoms with Gasteiger partial charge in [-0.2, -0.15) is 0 Å². The molecule has 0 aromatic heterocycles. The average molecular weight is 369 g/mol. The molecule has 4 N–H and O–H groups in total. The lowest BCUT2D eigenvalue weighted by Crippen LogP contribution is -2.49. The van der Waals surface area contributed by atoms with E-state index in [1.165, 1.54) is 11.1 Å². The maximum atomic E-state index is 6.52. The van der Waals surface area contributed by atoms with Crippen LogP contribution in [-0.4, -0.2) is 30.1 Å². The Morgan fingerprint density at radius 3 is 1.48 bits per heavy atom. The molecule has 0 saturated carbocycles. The summed E-state index contributed by atoms with van der Waals surface area (Å²) in [5.41, 5.74) is 15.6. The Bertz CT molecular complexity index is 631. The molecule has 2 aromatic rings. The van der Waals surface area contributed by atoms with Crippen LogP contribution in [0.3, 0.4) is 0 Å². The van der Waals surface area contributed by atoms with Crippen LogP contribution in [0, 0.1) is 0 Å².